The zero-order chi connectivity index (χ0) is 25.4. The molecule has 0 bridgehead atoms. The maximum Gasteiger partial charge on any atom is 0.487 e. The molecule has 0 unspecified atom stereocenters. The number of phenolic OH excluding ortho intramolecular Hbond substituents is 1. The molecule has 0 saturated carbocycles. The molecule has 8 nitrogen and oxygen atoms in total. The second kappa shape index (κ2) is 10.1. The van der Waals surface area contributed by atoms with Crippen LogP contribution in [0.15, 0.2) is 29.2 Å². The summed E-state index contributed by atoms with van der Waals surface area (Å²) in [7, 11) is -1.28. The molecule has 10 heteroatoms. The van der Waals surface area contributed by atoms with Crippen molar-refractivity contribution in [3.63, 3.8) is 0 Å². The third-order valence-electron chi connectivity index (χ3n) is 7.55. The number of carboxylic acids is 1. The largest absolute Gasteiger partial charge is 0.505 e. The average Bonchev–Trinajstić information content (AvgIpc) is 3.04. The predicted octanol–water partition coefficient (Wildman–Crippen LogP) is 3.23. The van der Waals surface area contributed by atoms with Crippen molar-refractivity contribution >= 4 is 24.9 Å². The number of amides is 2. The van der Waals surface area contributed by atoms with Crippen LogP contribution in [-0.2, 0) is 19.0 Å². The zero-order valence-corrected chi connectivity index (χ0v) is 19.9. The van der Waals surface area contributed by atoms with E-state index in [2.05, 4.69) is 0 Å². The number of halogens is 1. The molecule has 0 aromatic heterocycles. The lowest BCUT2D eigenvalue weighted by atomic mass is 9.54. The summed E-state index contributed by atoms with van der Waals surface area (Å²) < 4.78 is 19.9. The van der Waals surface area contributed by atoms with Gasteiger partial charge in [0.1, 0.15) is 0 Å². The molecule has 35 heavy (non-hydrogen) atoms. The minimum absolute atomic E-state index is 0.0438. The third-order valence-corrected chi connectivity index (χ3v) is 7.55. The van der Waals surface area contributed by atoms with Crippen LogP contribution in [0.3, 0.4) is 0 Å². The van der Waals surface area contributed by atoms with Gasteiger partial charge in [-0.2, -0.15) is 0 Å². The Labute approximate surface area is 203 Å². The van der Waals surface area contributed by atoms with E-state index in [0.29, 0.717) is 43.1 Å². The number of benzene rings is 1. The molecule has 3 N–H and O–H groups in total. The summed E-state index contributed by atoms with van der Waals surface area (Å²) >= 11 is 0. The van der Waals surface area contributed by atoms with Gasteiger partial charge in [-0.05, 0) is 60.7 Å². The van der Waals surface area contributed by atoms with Gasteiger partial charge in [-0.15, -0.1) is 0 Å². The summed E-state index contributed by atoms with van der Waals surface area (Å²) in [5.41, 5.74) is 2.02. The molecule has 2 amide bonds. The molecule has 1 aliphatic carbocycles. The number of fused-ring (bicyclic) bond motifs is 3. The number of phenols is 1. The normalized spacial score (nSPS) is 26.4. The first kappa shape index (κ1) is 25.4. The molecule has 0 spiro atoms. The average molecular weight is 487 g/mol. The number of imide groups is 1. The second-order valence-corrected chi connectivity index (χ2v) is 10.0. The number of likely N-dealkylation sites (tertiary alicyclic amines) is 1. The van der Waals surface area contributed by atoms with Crippen molar-refractivity contribution in [2.45, 2.75) is 58.5 Å². The number of carbonyl (C=O) groups excluding carboxylic acids is 2. The first-order valence-corrected chi connectivity index (χ1v) is 12.2. The molecular formula is C25H31BFNO7. The van der Waals surface area contributed by atoms with Crippen molar-refractivity contribution in [3.05, 3.63) is 40.6 Å². The van der Waals surface area contributed by atoms with Crippen LogP contribution in [0.1, 0.15) is 64.0 Å². The summed E-state index contributed by atoms with van der Waals surface area (Å²) in [6.45, 7) is 4.21. The van der Waals surface area contributed by atoms with E-state index < -0.39 is 48.5 Å². The Morgan fingerprint density at radius 2 is 1.94 bits per heavy atom. The Hall–Kier alpha value is -2.72. The summed E-state index contributed by atoms with van der Waals surface area (Å²) in [5, 5.41) is 29.3. The van der Waals surface area contributed by atoms with Crippen molar-refractivity contribution in [2.24, 2.45) is 23.7 Å². The molecule has 3 aliphatic rings. The van der Waals surface area contributed by atoms with Crippen LogP contribution in [-0.4, -0.2) is 51.6 Å². The van der Waals surface area contributed by atoms with E-state index in [1.807, 2.05) is 13.8 Å². The number of hydrogen-bond acceptors (Lipinski definition) is 6. The molecule has 4 rings (SSSR count). The summed E-state index contributed by atoms with van der Waals surface area (Å²) in [6, 6.07) is 3.92. The van der Waals surface area contributed by atoms with Gasteiger partial charge in [0, 0.05) is 13.0 Å². The van der Waals surface area contributed by atoms with Gasteiger partial charge in [-0.3, -0.25) is 19.3 Å². The number of unbranched alkanes of at least 4 members (excludes halogenated alkanes) is 2. The molecular weight excluding hydrogens is 456 g/mol. The first-order chi connectivity index (χ1) is 16.6. The van der Waals surface area contributed by atoms with Gasteiger partial charge < -0.3 is 19.9 Å². The van der Waals surface area contributed by atoms with Gasteiger partial charge in [0.15, 0.2) is 11.6 Å². The van der Waals surface area contributed by atoms with Crippen molar-refractivity contribution < 1.29 is 38.7 Å². The van der Waals surface area contributed by atoms with E-state index in [1.54, 1.807) is 0 Å². The van der Waals surface area contributed by atoms with Crippen LogP contribution in [0.2, 0.25) is 0 Å². The van der Waals surface area contributed by atoms with E-state index in [9.17, 15) is 28.9 Å². The Morgan fingerprint density at radius 3 is 2.60 bits per heavy atom. The van der Waals surface area contributed by atoms with E-state index in [0.717, 1.165) is 11.6 Å². The maximum atomic E-state index is 14.0. The number of rotatable bonds is 8. The highest BCUT2D eigenvalue weighted by molar-refractivity contribution is 6.53. The van der Waals surface area contributed by atoms with Crippen LogP contribution in [0.25, 0.3) is 0 Å². The lowest BCUT2D eigenvalue weighted by Gasteiger charge is -2.43. The van der Waals surface area contributed by atoms with E-state index in [4.69, 9.17) is 9.76 Å². The van der Waals surface area contributed by atoms with Crippen LogP contribution in [0, 0.1) is 29.5 Å². The topological polar surface area (TPSA) is 124 Å². The SMILES string of the molecule is CC(C)C1=C2B(O)O[C@H](c3ccc(O)c(F)c3)C[C@H]2[C@H]2C(=O)N(CCCCCC(=O)O)C(=O)[C@H]2C1. The Morgan fingerprint density at radius 1 is 1.20 bits per heavy atom. The number of aliphatic carboxylic acids is 1. The van der Waals surface area contributed by atoms with Crippen molar-refractivity contribution in [2.75, 3.05) is 6.54 Å². The van der Waals surface area contributed by atoms with Gasteiger partial charge in [0.25, 0.3) is 0 Å². The number of carbonyl (C=O) groups is 3. The van der Waals surface area contributed by atoms with Crippen LogP contribution in [0.5, 0.6) is 5.75 Å². The number of carboxylic acid groups (broad SMARTS) is 1. The van der Waals surface area contributed by atoms with Gasteiger partial charge in [-0.1, -0.05) is 31.9 Å². The molecule has 0 radical (unpaired) electrons. The van der Waals surface area contributed by atoms with Gasteiger partial charge in [0.05, 0.1) is 17.9 Å². The van der Waals surface area contributed by atoms with Crippen LogP contribution >= 0.6 is 0 Å². The van der Waals surface area contributed by atoms with Gasteiger partial charge in [-0.25, -0.2) is 4.39 Å². The molecule has 188 valence electrons. The molecule has 1 aromatic rings. The molecule has 2 saturated heterocycles. The van der Waals surface area contributed by atoms with Crippen molar-refractivity contribution in [1.82, 2.24) is 4.90 Å². The highest BCUT2D eigenvalue weighted by Crippen LogP contribution is 2.52. The van der Waals surface area contributed by atoms with Crippen LogP contribution in [0.4, 0.5) is 4.39 Å². The molecule has 4 atom stereocenters. The number of allylic oxidation sites excluding steroid dienone is 2. The van der Waals surface area contributed by atoms with Crippen molar-refractivity contribution in [3.8, 4) is 5.75 Å². The zero-order valence-electron chi connectivity index (χ0n) is 19.9. The Bertz CT molecular complexity index is 1060. The monoisotopic (exact) mass is 487 g/mol. The predicted molar refractivity (Wildman–Crippen MR) is 124 cm³/mol. The van der Waals surface area contributed by atoms with Gasteiger partial charge in [0.2, 0.25) is 11.8 Å². The van der Waals surface area contributed by atoms with Crippen molar-refractivity contribution in [1.29, 1.82) is 0 Å². The van der Waals surface area contributed by atoms with Crippen LogP contribution < -0.4 is 0 Å². The Kier molecular flexibility index (Phi) is 7.33. The third kappa shape index (κ3) is 4.86. The fraction of sp³-hybridized carbons (Fsp3) is 0.560. The summed E-state index contributed by atoms with van der Waals surface area (Å²) in [6.07, 6.45) is 1.66. The number of aromatic hydroxyl groups is 1. The molecule has 2 fully saturated rings. The fourth-order valence-electron chi connectivity index (χ4n) is 5.85. The maximum absolute atomic E-state index is 14.0. The molecule has 1 aromatic carbocycles. The quantitative estimate of drug-likeness (QED) is 0.292. The summed E-state index contributed by atoms with van der Waals surface area (Å²) in [5.74, 6) is -4.17. The van der Waals surface area contributed by atoms with E-state index in [-0.39, 0.29) is 30.7 Å². The van der Waals surface area contributed by atoms with E-state index in [1.165, 1.54) is 17.0 Å². The number of nitrogens with zero attached hydrogens (tertiary/aromatic N) is 1. The summed E-state index contributed by atoms with van der Waals surface area (Å²) in [4.78, 5) is 38.8. The Balaban J connectivity index is 1.59. The minimum atomic E-state index is -1.28. The highest BCUT2D eigenvalue weighted by Gasteiger charge is 2.57. The lowest BCUT2D eigenvalue weighted by Crippen LogP contribution is -2.45. The minimum Gasteiger partial charge on any atom is -0.505 e. The lowest BCUT2D eigenvalue weighted by molar-refractivity contribution is -0.141. The molecule has 2 heterocycles. The fourth-order valence-corrected chi connectivity index (χ4v) is 5.85. The first-order valence-electron chi connectivity index (χ1n) is 12.2. The van der Waals surface area contributed by atoms with E-state index >= 15 is 0 Å². The highest BCUT2D eigenvalue weighted by atomic mass is 19.1. The molecule has 2 aliphatic heterocycles. The second-order valence-electron chi connectivity index (χ2n) is 10.0. The van der Waals surface area contributed by atoms with Gasteiger partial charge >= 0.3 is 13.1 Å². The smallest absolute Gasteiger partial charge is 0.487 e. The standard InChI is InChI=1S/C25H31BFNO7/c1-13(2)15-11-17-22(25(33)28(24(17)32)9-5-3-4-6-21(30)31)16-12-20(35-26(34)23(15)16)14-7-8-19(29)18(27)10-14/h7-8,10,13,16-17,20,22,29,34H,3-6,9,11-12H2,1-2H3,(H,30,31)/t16-,17-,20-,22+/m0/s1. The number of hydrogen-bond donors (Lipinski definition) is 3.